The van der Waals surface area contributed by atoms with Gasteiger partial charge in [-0.05, 0) is 24.0 Å². The largest absolute Gasteiger partial charge is 0.481 e. The number of rotatable bonds is 4. The Kier molecular flexibility index (Phi) is 2.74. The minimum absolute atomic E-state index is 0.0136. The maximum absolute atomic E-state index is 11.4. The van der Waals surface area contributed by atoms with E-state index in [1.54, 1.807) is 0 Å². The standard InChI is InChI=1S/C14H18O3/c1-13(2,9-15)10-5-3-4-6-11(10)14(7-8-14)12(16)17/h3-6,15H,7-9H2,1-2H3,(H,16,17). The number of hydrogen-bond acceptors (Lipinski definition) is 2. The quantitative estimate of drug-likeness (QED) is 0.838. The molecule has 1 aliphatic rings. The summed E-state index contributed by atoms with van der Waals surface area (Å²) in [5.74, 6) is -0.751. The van der Waals surface area contributed by atoms with E-state index in [9.17, 15) is 15.0 Å². The zero-order valence-corrected chi connectivity index (χ0v) is 10.2. The van der Waals surface area contributed by atoms with Gasteiger partial charge in [0.1, 0.15) is 0 Å². The van der Waals surface area contributed by atoms with E-state index in [2.05, 4.69) is 0 Å². The maximum Gasteiger partial charge on any atom is 0.314 e. The molecule has 1 saturated carbocycles. The molecular formula is C14H18O3. The van der Waals surface area contributed by atoms with Gasteiger partial charge in [0.15, 0.2) is 0 Å². The Morgan fingerprint density at radius 2 is 1.94 bits per heavy atom. The minimum Gasteiger partial charge on any atom is -0.481 e. The molecule has 0 radical (unpaired) electrons. The van der Waals surface area contributed by atoms with Crippen molar-refractivity contribution < 1.29 is 15.0 Å². The van der Waals surface area contributed by atoms with Crippen LogP contribution in [0.4, 0.5) is 0 Å². The first-order valence-electron chi connectivity index (χ1n) is 5.88. The molecule has 2 N–H and O–H groups in total. The fraction of sp³-hybridized carbons (Fsp3) is 0.500. The molecule has 0 aliphatic heterocycles. The molecule has 0 saturated heterocycles. The number of aliphatic hydroxyl groups is 1. The SMILES string of the molecule is CC(C)(CO)c1ccccc1C1(C(=O)O)CC1. The van der Waals surface area contributed by atoms with Crippen LogP contribution >= 0.6 is 0 Å². The van der Waals surface area contributed by atoms with Crippen LogP contribution in [0.25, 0.3) is 0 Å². The maximum atomic E-state index is 11.4. The first-order valence-corrected chi connectivity index (χ1v) is 5.88. The lowest BCUT2D eigenvalue weighted by atomic mass is 9.78. The van der Waals surface area contributed by atoms with Gasteiger partial charge >= 0.3 is 5.97 Å². The van der Waals surface area contributed by atoms with Gasteiger partial charge in [-0.3, -0.25) is 4.79 Å². The predicted octanol–water partition coefficient (Wildman–Crippen LogP) is 2.07. The first-order chi connectivity index (χ1) is 7.94. The Labute approximate surface area is 101 Å². The third-order valence-corrected chi connectivity index (χ3v) is 3.73. The average Bonchev–Trinajstić information content (AvgIpc) is 3.10. The van der Waals surface area contributed by atoms with Gasteiger partial charge in [0.25, 0.3) is 0 Å². The topological polar surface area (TPSA) is 57.5 Å². The lowest BCUT2D eigenvalue weighted by Crippen LogP contribution is -2.29. The number of carbonyl (C=O) groups is 1. The van der Waals surface area contributed by atoms with E-state index in [1.165, 1.54) is 0 Å². The van der Waals surface area contributed by atoms with Gasteiger partial charge in [0, 0.05) is 5.41 Å². The highest BCUT2D eigenvalue weighted by molar-refractivity contribution is 5.85. The Morgan fingerprint density at radius 1 is 1.35 bits per heavy atom. The van der Waals surface area contributed by atoms with Crippen LogP contribution in [0, 0.1) is 0 Å². The third kappa shape index (κ3) is 1.84. The molecule has 1 aliphatic carbocycles. The van der Waals surface area contributed by atoms with Gasteiger partial charge in [-0.2, -0.15) is 0 Å². The second-order valence-electron chi connectivity index (χ2n) is 5.47. The van der Waals surface area contributed by atoms with Gasteiger partial charge in [0.05, 0.1) is 12.0 Å². The van der Waals surface area contributed by atoms with Crippen LogP contribution in [-0.2, 0) is 15.6 Å². The van der Waals surface area contributed by atoms with E-state index in [1.807, 2.05) is 38.1 Å². The van der Waals surface area contributed by atoms with Crippen molar-refractivity contribution in [2.75, 3.05) is 6.61 Å². The van der Waals surface area contributed by atoms with Crippen molar-refractivity contribution in [3.05, 3.63) is 35.4 Å². The van der Waals surface area contributed by atoms with Gasteiger partial charge in [-0.15, -0.1) is 0 Å². The fourth-order valence-electron chi connectivity index (χ4n) is 2.30. The second-order valence-corrected chi connectivity index (χ2v) is 5.47. The summed E-state index contributed by atoms with van der Waals surface area (Å²) in [6.07, 6.45) is 1.39. The van der Waals surface area contributed by atoms with Crippen molar-refractivity contribution in [2.45, 2.75) is 37.5 Å². The van der Waals surface area contributed by atoms with E-state index in [0.717, 1.165) is 11.1 Å². The average molecular weight is 234 g/mol. The Balaban J connectivity index is 2.53. The normalized spacial score (nSPS) is 17.8. The summed E-state index contributed by atoms with van der Waals surface area (Å²) >= 11 is 0. The van der Waals surface area contributed by atoms with Crippen LogP contribution in [0.5, 0.6) is 0 Å². The van der Waals surface area contributed by atoms with Gasteiger partial charge < -0.3 is 10.2 Å². The van der Waals surface area contributed by atoms with Crippen molar-refractivity contribution in [2.24, 2.45) is 0 Å². The number of carboxylic acid groups (broad SMARTS) is 1. The molecule has 0 unspecified atom stereocenters. The summed E-state index contributed by atoms with van der Waals surface area (Å²) in [5.41, 5.74) is 0.707. The Bertz CT molecular complexity index is 445. The number of aliphatic hydroxyl groups excluding tert-OH is 1. The molecular weight excluding hydrogens is 216 g/mol. The molecule has 0 atom stereocenters. The van der Waals surface area contributed by atoms with Crippen LogP contribution < -0.4 is 0 Å². The smallest absolute Gasteiger partial charge is 0.314 e. The molecule has 0 bridgehead atoms. The van der Waals surface area contributed by atoms with Crippen LogP contribution in [-0.4, -0.2) is 22.8 Å². The van der Waals surface area contributed by atoms with Gasteiger partial charge in [0.2, 0.25) is 0 Å². The predicted molar refractivity (Wildman–Crippen MR) is 65.1 cm³/mol. The summed E-state index contributed by atoms with van der Waals surface area (Å²) < 4.78 is 0. The van der Waals surface area contributed by atoms with E-state index < -0.39 is 16.8 Å². The highest BCUT2D eigenvalue weighted by Crippen LogP contribution is 2.51. The molecule has 0 amide bonds. The summed E-state index contributed by atoms with van der Waals surface area (Å²) in [4.78, 5) is 11.4. The molecule has 92 valence electrons. The molecule has 0 heterocycles. The first kappa shape index (κ1) is 12.1. The Morgan fingerprint density at radius 3 is 2.41 bits per heavy atom. The van der Waals surface area contributed by atoms with Gasteiger partial charge in [-0.1, -0.05) is 38.1 Å². The van der Waals surface area contributed by atoms with Crippen LogP contribution in [0.1, 0.15) is 37.8 Å². The molecule has 0 aromatic heterocycles. The lowest BCUT2D eigenvalue weighted by molar-refractivity contribution is -0.140. The van der Waals surface area contributed by atoms with E-state index >= 15 is 0 Å². The van der Waals surface area contributed by atoms with E-state index in [4.69, 9.17) is 0 Å². The Hall–Kier alpha value is -1.35. The number of aliphatic carboxylic acids is 1. The van der Waals surface area contributed by atoms with Crippen LogP contribution in [0.2, 0.25) is 0 Å². The van der Waals surface area contributed by atoms with Crippen LogP contribution in [0.3, 0.4) is 0 Å². The van der Waals surface area contributed by atoms with Crippen molar-refractivity contribution in [1.82, 2.24) is 0 Å². The zero-order chi connectivity index (χ0) is 12.7. The second kappa shape index (κ2) is 3.84. The highest BCUT2D eigenvalue weighted by atomic mass is 16.4. The highest BCUT2D eigenvalue weighted by Gasteiger charge is 2.53. The van der Waals surface area contributed by atoms with E-state index in [0.29, 0.717) is 12.8 Å². The van der Waals surface area contributed by atoms with E-state index in [-0.39, 0.29) is 6.61 Å². The number of hydrogen-bond donors (Lipinski definition) is 2. The molecule has 3 heteroatoms. The number of benzene rings is 1. The van der Waals surface area contributed by atoms with Crippen molar-refractivity contribution in [1.29, 1.82) is 0 Å². The lowest BCUT2D eigenvalue weighted by Gasteiger charge is -2.27. The molecule has 1 fully saturated rings. The fourth-order valence-corrected chi connectivity index (χ4v) is 2.30. The summed E-state index contributed by atoms with van der Waals surface area (Å²) in [5, 5.41) is 18.8. The molecule has 1 aromatic carbocycles. The van der Waals surface area contributed by atoms with Crippen molar-refractivity contribution in [3.8, 4) is 0 Å². The molecule has 0 spiro atoms. The third-order valence-electron chi connectivity index (χ3n) is 3.73. The minimum atomic E-state index is -0.751. The number of carboxylic acids is 1. The monoisotopic (exact) mass is 234 g/mol. The van der Waals surface area contributed by atoms with Crippen molar-refractivity contribution >= 4 is 5.97 Å². The molecule has 2 rings (SSSR count). The molecule has 3 nitrogen and oxygen atoms in total. The molecule has 17 heavy (non-hydrogen) atoms. The summed E-state index contributed by atoms with van der Waals surface area (Å²) in [6.45, 7) is 3.88. The summed E-state index contributed by atoms with van der Waals surface area (Å²) in [6, 6.07) is 7.58. The van der Waals surface area contributed by atoms with Gasteiger partial charge in [-0.25, -0.2) is 0 Å². The zero-order valence-electron chi connectivity index (χ0n) is 10.2. The van der Waals surface area contributed by atoms with Crippen LogP contribution in [0.15, 0.2) is 24.3 Å². The summed E-state index contributed by atoms with van der Waals surface area (Å²) in [7, 11) is 0. The van der Waals surface area contributed by atoms with Crippen molar-refractivity contribution in [3.63, 3.8) is 0 Å². The molecule has 1 aromatic rings.